The highest BCUT2D eigenvalue weighted by Crippen LogP contribution is 2.26. The van der Waals surface area contributed by atoms with Gasteiger partial charge in [0.25, 0.3) is 5.71 Å². The molecule has 0 unspecified atom stereocenters. The predicted octanol–water partition coefficient (Wildman–Crippen LogP) is 4.40. The lowest BCUT2D eigenvalue weighted by molar-refractivity contribution is 0.438. The van der Waals surface area contributed by atoms with Crippen molar-refractivity contribution in [1.82, 2.24) is 19.9 Å². The molecule has 6 heteroatoms. The van der Waals surface area contributed by atoms with Crippen LogP contribution in [0.25, 0.3) is 22.7 Å². The standard InChI is InChI=1S/C19H16N4O2/c1-11-6-12(2)8-14(7-11)17-22-16-10-21-19(23-18(16)25-17)24-15-5-4-13(3)20-9-15/h4-10H,1-3H3. The van der Waals surface area contributed by atoms with E-state index < -0.39 is 0 Å². The highest BCUT2D eigenvalue weighted by molar-refractivity contribution is 5.72. The fourth-order valence-corrected chi connectivity index (χ4v) is 2.61. The number of pyridine rings is 1. The highest BCUT2D eigenvalue weighted by atomic mass is 16.5. The minimum Gasteiger partial charge on any atom is -0.423 e. The molecule has 3 heterocycles. The summed E-state index contributed by atoms with van der Waals surface area (Å²) in [6.07, 6.45) is 3.22. The molecule has 0 saturated carbocycles. The largest absolute Gasteiger partial charge is 0.423 e. The second kappa shape index (κ2) is 5.98. The van der Waals surface area contributed by atoms with Crippen molar-refractivity contribution >= 4 is 11.2 Å². The number of hydrogen-bond donors (Lipinski definition) is 0. The molecule has 0 N–H and O–H groups in total. The van der Waals surface area contributed by atoms with Gasteiger partial charge in [-0.3, -0.25) is 4.98 Å². The van der Waals surface area contributed by atoms with Gasteiger partial charge in [0.05, 0.1) is 12.4 Å². The van der Waals surface area contributed by atoms with Crippen molar-refractivity contribution in [2.75, 3.05) is 0 Å². The Morgan fingerprint density at radius 1 is 0.880 bits per heavy atom. The average Bonchev–Trinajstić information content (AvgIpc) is 2.99. The Morgan fingerprint density at radius 3 is 2.40 bits per heavy atom. The number of fused-ring (bicyclic) bond motifs is 1. The van der Waals surface area contributed by atoms with Crippen LogP contribution in [-0.2, 0) is 0 Å². The lowest BCUT2D eigenvalue weighted by Crippen LogP contribution is -1.92. The van der Waals surface area contributed by atoms with Crippen LogP contribution >= 0.6 is 0 Å². The maximum Gasteiger partial charge on any atom is 0.325 e. The summed E-state index contributed by atoms with van der Waals surface area (Å²) in [6, 6.07) is 10.0. The molecule has 25 heavy (non-hydrogen) atoms. The van der Waals surface area contributed by atoms with Gasteiger partial charge in [-0.05, 0) is 45.0 Å². The molecule has 0 aliphatic rings. The number of aryl methyl sites for hydroxylation is 3. The van der Waals surface area contributed by atoms with E-state index in [4.69, 9.17) is 9.15 Å². The molecule has 0 aliphatic heterocycles. The number of ether oxygens (including phenoxy) is 1. The molecular weight excluding hydrogens is 316 g/mol. The second-order valence-corrected chi connectivity index (χ2v) is 5.98. The predicted molar refractivity (Wildman–Crippen MR) is 93.6 cm³/mol. The zero-order valence-corrected chi connectivity index (χ0v) is 14.1. The number of benzene rings is 1. The molecule has 4 aromatic rings. The lowest BCUT2D eigenvalue weighted by atomic mass is 10.1. The third-order valence-corrected chi connectivity index (χ3v) is 3.69. The fourth-order valence-electron chi connectivity index (χ4n) is 2.61. The third kappa shape index (κ3) is 3.19. The van der Waals surface area contributed by atoms with E-state index in [0.717, 1.165) is 22.4 Å². The smallest absolute Gasteiger partial charge is 0.325 e. The molecule has 1 aromatic carbocycles. The molecule has 0 aliphatic carbocycles. The second-order valence-electron chi connectivity index (χ2n) is 5.98. The van der Waals surface area contributed by atoms with Gasteiger partial charge in [0.2, 0.25) is 5.89 Å². The van der Waals surface area contributed by atoms with Gasteiger partial charge >= 0.3 is 6.01 Å². The van der Waals surface area contributed by atoms with Crippen LogP contribution in [0, 0.1) is 20.8 Å². The topological polar surface area (TPSA) is 73.9 Å². The normalized spacial score (nSPS) is 11.0. The van der Waals surface area contributed by atoms with Gasteiger partial charge in [-0.1, -0.05) is 17.2 Å². The Hall–Kier alpha value is -3.28. The van der Waals surface area contributed by atoms with E-state index in [-0.39, 0.29) is 6.01 Å². The van der Waals surface area contributed by atoms with Crippen LogP contribution in [-0.4, -0.2) is 19.9 Å². The van der Waals surface area contributed by atoms with E-state index >= 15 is 0 Å². The van der Waals surface area contributed by atoms with Gasteiger partial charge in [0, 0.05) is 11.3 Å². The molecule has 0 amide bonds. The molecular formula is C19H16N4O2. The Kier molecular flexibility index (Phi) is 3.65. The summed E-state index contributed by atoms with van der Waals surface area (Å²) in [5.41, 5.74) is 5.11. The van der Waals surface area contributed by atoms with Crippen molar-refractivity contribution < 1.29 is 9.15 Å². The van der Waals surface area contributed by atoms with Crippen LogP contribution in [0.15, 0.2) is 47.1 Å². The first kappa shape index (κ1) is 15.3. The lowest BCUT2D eigenvalue weighted by Gasteiger charge is -2.02. The Labute approximate surface area is 144 Å². The fraction of sp³-hybridized carbons (Fsp3) is 0.158. The van der Waals surface area contributed by atoms with Crippen LogP contribution in [0.1, 0.15) is 16.8 Å². The number of aromatic nitrogens is 4. The number of hydrogen-bond acceptors (Lipinski definition) is 6. The van der Waals surface area contributed by atoms with Crippen LogP contribution in [0.5, 0.6) is 11.8 Å². The van der Waals surface area contributed by atoms with E-state index in [1.54, 1.807) is 12.4 Å². The van der Waals surface area contributed by atoms with Gasteiger partial charge < -0.3 is 9.15 Å². The summed E-state index contributed by atoms with van der Waals surface area (Å²) < 4.78 is 11.4. The zero-order chi connectivity index (χ0) is 17.4. The summed E-state index contributed by atoms with van der Waals surface area (Å²) in [7, 11) is 0. The van der Waals surface area contributed by atoms with Crippen molar-refractivity contribution in [3.8, 4) is 23.2 Å². The van der Waals surface area contributed by atoms with Crippen molar-refractivity contribution in [3.05, 3.63) is 59.5 Å². The highest BCUT2D eigenvalue weighted by Gasteiger charge is 2.12. The monoisotopic (exact) mass is 332 g/mol. The average molecular weight is 332 g/mol. The minimum absolute atomic E-state index is 0.196. The first-order valence-electron chi connectivity index (χ1n) is 7.89. The Morgan fingerprint density at radius 2 is 1.68 bits per heavy atom. The van der Waals surface area contributed by atoms with Gasteiger partial charge in [-0.15, -0.1) is 0 Å². The molecule has 6 nitrogen and oxygen atoms in total. The minimum atomic E-state index is 0.196. The van der Waals surface area contributed by atoms with E-state index in [2.05, 4.69) is 26.0 Å². The molecule has 124 valence electrons. The van der Waals surface area contributed by atoms with Crippen LogP contribution in [0.4, 0.5) is 0 Å². The van der Waals surface area contributed by atoms with Crippen molar-refractivity contribution in [2.45, 2.75) is 20.8 Å². The molecule has 3 aromatic heterocycles. The van der Waals surface area contributed by atoms with Gasteiger partial charge in [-0.25, -0.2) is 9.97 Å². The van der Waals surface area contributed by atoms with Crippen LogP contribution in [0.2, 0.25) is 0 Å². The van der Waals surface area contributed by atoms with E-state index in [1.165, 1.54) is 0 Å². The first-order valence-corrected chi connectivity index (χ1v) is 7.89. The van der Waals surface area contributed by atoms with Gasteiger partial charge in [0.1, 0.15) is 11.3 Å². The van der Waals surface area contributed by atoms with Gasteiger partial charge in [-0.2, -0.15) is 4.98 Å². The molecule has 0 bridgehead atoms. The SMILES string of the molecule is Cc1cc(C)cc(-c2nc3cnc(Oc4ccc(C)nc4)nc3o2)c1. The van der Waals surface area contributed by atoms with Crippen LogP contribution < -0.4 is 4.74 Å². The van der Waals surface area contributed by atoms with Crippen molar-refractivity contribution in [3.63, 3.8) is 0 Å². The summed E-state index contributed by atoms with van der Waals surface area (Å²) in [5.74, 6) is 1.09. The molecule has 0 atom stereocenters. The number of oxazole rings is 1. The molecule has 4 rings (SSSR count). The number of rotatable bonds is 3. The maximum absolute atomic E-state index is 5.80. The van der Waals surface area contributed by atoms with Crippen LogP contribution in [0.3, 0.4) is 0 Å². The number of nitrogens with zero attached hydrogens (tertiary/aromatic N) is 4. The molecule has 0 radical (unpaired) electrons. The summed E-state index contributed by atoms with van der Waals surface area (Å²) in [5, 5.41) is 0. The quantitative estimate of drug-likeness (QED) is 0.553. The Balaban J connectivity index is 1.68. The van der Waals surface area contributed by atoms with Gasteiger partial charge in [0.15, 0.2) is 0 Å². The molecule has 0 saturated heterocycles. The Bertz CT molecular complexity index is 1030. The molecule has 0 fully saturated rings. The third-order valence-electron chi connectivity index (χ3n) is 3.69. The van der Waals surface area contributed by atoms with Crippen molar-refractivity contribution in [1.29, 1.82) is 0 Å². The summed E-state index contributed by atoms with van der Waals surface area (Å²) >= 11 is 0. The van der Waals surface area contributed by atoms with E-state index in [9.17, 15) is 0 Å². The maximum atomic E-state index is 5.80. The van der Waals surface area contributed by atoms with E-state index in [0.29, 0.717) is 22.9 Å². The van der Waals surface area contributed by atoms with E-state index in [1.807, 2.05) is 45.0 Å². The first-order chi connectivity index (χ1) is 12.1. The zero-order valence-electron chi connectivity index (χ0n) is 14.1. The molecule has 0 spiro atoms. The summed E-state index contributed by atoms with van der Waals surface area (Å²) in [6.45, 7) is 6.00. The summed E-state index contributed by atoms with van der Waals surface area (Å²) in [4.78, 5) is 17.1. The van der Waals surface area contributed by atoms with Crippen molar-refractivity contribution in [2.24, 2.45) is 0 Å².